The molecule has 0 saturated carbocycles. The molecule has 2 rings (SSSR count). The molecule has 2 heterocycles. The summed E-state index contributed by atoms with van der Waals surface area (Å²) >= 11 is 0. The van der Waals surface area contributed by atoms with Crippen LogP contribution in [0, 0.1) is 5.92 Å². The molecule has 0 spiro atoms. The molecule has 0 aromatic rings. The largest absolute Gasteiger partial charge is 0.368 e. The van der Waals surface area contributed by atoms with Crippen molar-refractivity contribution in [1.82, 2.24) is 10.2 Å². The number of rotatable bonds is 5. The van der Waals surface area contributed by atoms with Gasteiger partial charge in [0.15, 0.2) is 0 Å². The fraction of sp³-hybridized carbons (Fsp3) is 1.00. The van der Waals surface area contributed by atoms with Crippen molar-refractivity contribution in [2.24, 2.45) is 5.92 Å². The third kappa shape index (κ3) is 3.46. The van der Waals surface area contributed by atoms with Gasteiger partial charge in [0, 0.05) is 24.0 Å². The Balaban J connectivity index is 2.16. The first kappa shape index (κ1) is 17.2. The minimum absolute atomic E-state index is 0.0619. The summed E-state index contributed by atoms with van der Waals surface area (Å²) in [6, 6.07) is 0.434. The molecular weight excluding hydrogens is 260 g/mol. The van der Waals surface area contributed by atoms with E-state index in [0.717, 1.165) is 13.1 Å². The lowest BCUT2D eigenvalue weighted by Gasteiger charge is -2.39. The van der Waals surface area contributed by atoms with Crippen molar-refractivity contribution in [2.45, 2.75) is 90.5 Å². The SMILES string of the molecule is CCCNC1C(CN2CCCC2(C)C)C(C)(C)OC1(C)C. The predicted octanol–water partition coefficient (Wildman–Crippen LogP) is 3.43. The molecule has 0 amide bonds. The molecule has 3 nitrogen and oxygen atoms in total. The van der Waals surface area contributed by atoms with Crippen molar-refractivity contribution in [3.05, 3.63) is 0 Å². The van der Waals surface area contributed by atoms with Crippen LogP contribution in [0.1, 0.15) is 67.7 Å². The van der Waals surface area contributed by atoms with E-state index in [1.54, 1.807) is 0 Å². The van der Waals surface area contributed by atoms with Crippen LogP contribution in [-0.2, 0) is 4.74 Å². The van der Waals surface area contributed by atoms with E-state index in [-0.39, 0.29) is 11.2 Å². The number of nitrogens with zero attached hydrogens (tertiary/aromatic N) is 1. The van der Waals surface area contributed by atoms with Crippen molar-refractivity contribution in [3.8, 4) is 0 Å². The summed E-state index contributed by atoms with van der Waals surface area (Å²) in [5.41, 5.74) is 0.193. The summed E-state index contributed by atoms with van der Waals surface area (Å²) in [6.45, 7) is 19.5. The van der Waals surface area contributed by atoms with Crippen LogP contribution in [0.5, 0.6) is 0 Å². The van der Waals surface area contributed by atoms with Crippen molar-refractivity contribution >= 4 is 0 Å². The smallest absolute Gasteiger partial charge is 0.0790 e. The summed E-state index contributed by atoms with van der Waals surface area (Å²) in [7, 11) is 0. The highest BCUT2D eigenvalue weighted by molar-refractivity contribution is 5.07. The van der Waals surface area contributed by atoms with Crippen LogP contribution < -0.4 is 5.32 Å². The van der Waals surface area contributed by atoms with E-state index in [9.17, 15) is 0 Å². The van der Waals surface area contributed by atoms with E-state index in [1.807, 2.05) is 0 Å². The van der Waals surface area contributed by atoms with Gasteiger partial charge in [-0.15, -0.1) is 0 Å². The molecule has 2 atom stereocenters. The zero-order valence-corrected chi connectivity index (χ0v) is 15.3. The average Bonchev–Trinajstić information content (AvgIpc) is 2.73. The highest BCUT2D eigenvalue weighted by Crippen LogP contribution is 2.44. The Labute approximate surface area is 131 Å². The van der Waals surface area contributed by atoms with Gasteiger partial charge in [-0.05, 0) is 73.9 Å². The number of likely N-dealkylation sites (tertiary alicyclic amines) is 1. The fourth-order valence-electron chi connectivity index (χ4n) is 4.46. The number of ether oxygens (including phenoxy) is 1. The molecule has 2 aliphatic heterocycles. The van der Waals surface area contributed by atoms with Crippen LogP contribution >= 0.6 is 0 Å². The molecular formula is C18H36N2O. The Morgan fingerprint density at radius 1 is 1.10 bits per heavy atom. The molecule has 1 N–H and O–H groups in total. The first-order chi connectivity index (χ1) is 9.60. The molecule has 0 aliphatic carbocycles. The molecule has 0 radical (unpaired) electrons. The van der Waals surface area contributed by atoms with E-state index >= 15 is 0 Å². The number of hydrogen-bond acceptors (Lipinski definition) is 3. The molecule has 3 heteroatoms. The van der Waals surface area contributed by atoms with E-state index in [1.165, 1.54) is 25.8 Å². The van der Waals surface area contributed by atoms with Crippen LogP contribution in [0.4, 0.5) is 0 Å². The Bertz CT molecular complexity index is 362. The van der Waals surface area contributed by atoms with Crippen LogP contribution in [0.3, 0.4) is 0 Å². The minimum atomic E-state index is -0.0901. The van der Waals surface area contributed by atoms with E-state index in [0.29, 0.717) is 17.5 Å². The Morgan fingerprint density at radius 3 is 2.29 bits per heavy atom. The topological polar surface area (TPSA) is 24.5 Å². The normalized spacial score (nSPS) is 34.4. The zero-order chi connectivity index (χ0) is 15.9. The number of hydrogen-bond donors (Lipinski definition) is 1. The highest BCUT2D eigenvalue weighted by Gasteiger charge is 2.54. The van der Waals surface area contributed by atoms with Crippen molar-refractivity contribution in [1.29, 1.82) is 0 Å². The Hall–Kier alpha value is -0.120. The maximum Gasteiger partial charge on any atom is 0.0790 e. The lowest BCUT2D eigenvalue weighted by Crippen LogP contribution is -2.53. The highest BCUT2D eigenvalue weighted by atomic mass is 16.5. The van der Waals surface area contributed by atoms with Gasteiger partial charge in [0.05, 0.1) is 11.2 Å². The third-order valence-electron chi connectivity index (χ3n) is 5.67. The van der Waals surface area contributed by atoms with Gasteiger partial charge in [0.1, 0.15) is 0 Å². The summed E-state index contributed by atoms with van der Waals surface area (Å²) in [6.07, 6.45) is 3.82. The van der Waals surface area contributed by atoms with Crippen LogP contribution in [0.2, 0.25) is 0 Å². The van der Waals surface area contributed by atoms with Crippen molar-refractivity contribution in [3.63, 3.8) is 0 Å². The van der Waals surface area contributed by atoms with Gasteiger partial charge in [-0.1, -0.05) is 6.92 Å². The van der Waals surface area contributed by atoms with Crippen LogP contribution in [0.25, 0.3) is 0 Å². The summed E-state index contributed by atoms with van der Waals surface area (Å²) in [4.78, 5) is 2.69. The standard InChI is InChI=1S/C18H36N2O/c1-8-11-19-15-14(17(4,5)21-18(15,6)7)13-20-12-9-10-16(20,2)3/h14-15,19H,8-13H2,1-7H3. The maximum absolute atomic E-state index is 6.45. The average molecular weight is 296 g/mol. The monoisotopic (exact) mass is 296 g/mol. The first-order valence-electron chi connectivity index (χ1n) is 8.79. The van der Waals surface area contributed by atoms with E-state index < -0.39 is 0 Å². The van der Waals surface area contributed by atoms with E-state index in [4.69, 9.17) is 4.74 Å². The van der Waals surface area contributed by atoms with Gasteiger partial charge in [-0.25, -0.2) is 0 Å². The zero-order valence-electron chi connectivity index (χ0n) is 15.3. The quantitative estimate of drug-likeness (QED) is 0.841. The molecule has 21 heavy (non-hydrogen) atoms. The molecule has 2 aliphatic rings. The second-order valence-corrected chi connectivity index (χ2v) is 8.71. The summed E-state index contributed by atoms with van der Waals surface area (Å²) < 4.78 is 6.45. The molecule has 2 unspecified atom stereocenters. The molecule has 0 aromatic heterocycles. The minimum Gasteiger partial charge on any atom is -0.368 e. The third-order valence-corrected chi connectivity index (χ3v) is 5.67. The molecule has 2 saturated heterocycles. The van der Waals surface area contributed by atoms with Gasteiger partial charge in [-0.3, -0.25) is 4.90 Å². The van der Waals surface area contributed by atoms with E-state index in [2.05, 4.69) is 58.7 Å². The predicted molar refractivity (Wildman–Crippen MR) is 89.7 cm³/mol. The molecule has 0 bridgehead atoms. The first-order valence-corrected chi connectivity index (χ1v) is 8.79. The lowest BCUT2D eigenvalue weighted by molar-refractivity contribution is -0.0805. The second-order valence-electron chi connectivity index (χ2n) is 8.71. The van der Waals surface area contributed by atoms with Gasteiger partial charge in [-0.2, -0.15) is 0 Å². The second kappa shape index (κ2) is 5.82. The Morgan fingerprint density at radius 2 is 1.76 bits per heavy atom. The lowest BCUT2D eigenvalue weighted by atomic mass is 9.81. The van der Waals surface area contributed by atoms with Crippen LogP contribution in [0.15, 0.2) is 0 Å². The van der Waals surface area contributed by atoms with Gasteiger partial charge in [0.25, 0.3) is 0 Å². The van der Waals surface area contributed by atoms with Gasteiger partial charge in [0.2, 0.25) is 0 Å². The van der Waals surface area contributed by atoms with Gasteiger partial charge < -0.3 is 10.1 Å². The maximum atomic E-state index is 6.45. The Kier molecular flexibility index (Phi) is 4.78. The fourth-order valence-corrected chi connectivity index (χ4v) is 4.46. The van der Waals surface area contributed by atoms with Gasteiger partial charge >= 0.3 is 0 Å². The van der Waals surface area contributed by atoms with Crippen molar-refractivity contribution < 1.29 is 4.74 Å². The molecule has 0 aromatic carbocycles. The number of nitrogens with one attached hydrogen (secondary N) is 1. The van der Waals surface area contributed by atoms with Crippen molar-refractivity contribution in [2.75, 3.05) is 19.6 Å². The summed E-state index contributed by atoms with van der Waals surface area (Å²) in [5.74, 6) is 0.538. The summed E-state index contributed by atoms with van der Waals surface area (Å²) in [5, 5.41) is 3.78. The van der Waals surface area contributed by atoms with Crippen LogP contribution in [-0.4, -0.2) is 47.3 Å². The molecule has 2 fully saturated rings. The molecule has 124 valence electrons.